The van der Waals surface area contributed by atoms with E-state index in [1.54, 1.807) is 18.3 Å². The van der Waals surface area contributed by atoms with Gasteiger partial charge in [-0.05, 0) is 60.2 Å². The summed E-state index contributed by atoms with van der Waals surface area (Å²) >= 11 is 0. The minimum absolute atomic E-state index is 0.127. The van der Waals surface area contributed by atoms with Crippen molar-refractivity contribution in [2.75, 3.05) is 18.5 Å². The summed E-state index contributed by atoms with van der Waals surface area (Å²) in [6.45, 7) is 0.717. The van der Waals surface area contributed by atoms with Gasteiger partial charge in [0, 0.05) is 28.8 Å². The lowest BCUT2D eigenvalue weighted by molar-refractivity contribution is 0.0916. The van der Waals surface area contributed by atoms with Gasteiger partial charge in [-0.15, -0.1) is 0 Å². The number of hydrogen-bond acceptors (Lipinski definition) is 6. The number of amides is 1. The highest BCUT2D eigenvalue weighted by Crippen LogP contribution is 2.54. The molecule has 7 rings (SSSR count). The zero-order valence-electron chi connectivity index (χ0n) is 22.5. The van der Waals surface area contributed by atoms with Crippen LogP contribution in [-0.4, -0.2) is 49.8 Å². The topological polar surface area (TPSA) is 104 Å². The van der Waals surface area contributed by atoms with Gasteiger partial charge < -0.3 is 15.7 Å². The minimum atomic E-state index is -0.366. The number of anilines is 1. The van der Waals surface area contributed by atoms with E-state index in [2.05, 4.69) is 51.0 Å². The first-order valence-electron chi connectivity index (χ1n) is 14.0. The van der Waals surface area contributed by atoms with E-state index in [0.717, 1.165) is 41.9 Å². The molecule has 1 saturated carbocycles. The first kappa shape index (κ1) is 25.2. The van der Waals surface area contributed by atoms with Crippen molar-refractivity contribution in [3.05, 3.63) is 119 Å². The van der Waals surface area contributed by atoms with E-state index >= 15 is 0 Å². The molecule has 8 heteroatoms. The standard InChI is InChI=1S/C33H30N6O2/c40-21-27(17-22-5-2-1-3-6-22)37-31(41)24-10-8-23(9-11-24)29-19-35-32-36-20-30(39(32)38-29)33(14-15-33)26-12-13-28-25(18-26)7-4-16-34-28/h1-13,18-20,27,34,40H,14-17,21H2,(H,37,41)/t27-/m0/s1. The van der Waals surface area contributed by atoms with Crippen LogP contribution in [-0.2, 0) is 11.8 Å². The zero-order chi connectivity index (χ0) is 27.8. The molecule has 0 spiro atoms. The quantitative estimate of drug-likeness (QED) is 0.264. The Kier molecular flexibility index (Phi) is 6.32. The number of nitrogens with one attached hydrogen (secondary N) is 2. The van der Waals surface area contributed by atoms with Gasteiger partial charge in [-0.2, -0.15) is 9.61 Å². The summed E-state index contributed by atoms with van der Waals surface area (Å²) in [4.78, 5) is 22.1. The van der Waals surface area contributed by atoms with Crippen LogP contribution in [0.3, 0.4) is 0 Å². The van der Waals surface area contributed by atoms with Crippen molar-refractivity contribution in [2.24, 2.45) is 0 Å². The normalized spacial score (nSPS) is 15.6. The molecule has 0 radical (unpaired) electrons. The van der Waals surface area contributed by atoms with Gasteiger partial charge in [0.1, 0.15) is 5.69 Å². The van der Waals surface area contributed by atoms with Crippen LogP contribution in [0.1, 0.15) is 45.6 Å². The van der Waals surface area contributed by atoms with E-state index in [9.17, 15) is 9.90 Å². The number of carbonyl (C=O) groups is 1. The summed E-state index contributed by atoms with van der Waals surface area (Å²) in [5, 5.41) is 21.1. The van der Waals surface area contributed by atoms with E-state index in [0.29, 0.717) is 23.5 Å². The molecule has 204 valence electrons. The van der Waals surface area contributed by atoms with Crippen LogP contribution in [0.5, 0.6) is 0 Å². The Morgan fingerprint density at radius 3 is 2.61 bits per heavy atom. The molecule has 8 nitrogen and oxygen atoms in total. The number of carbonyl (C=O) groups excluding carboxylic acids is 1. The molecule has 3 heterocycles. The number of nitrogens with zero attached hydrogens (tertiary/aromatic N) is 4. The molecule has 3 N–H and O–H groups in total. The summed E-state index contributed by atoms with van der Waals surface area (Å²) in [6, 6.07) is 23.4. The van der Waals surface area contributed by atoms with E-state index in [-0.39, 0.29) is 24.0 Å². The maximum absolute atomic E-state index is 12.9. The highest BCUT2D eigenvalue weighted by Gasteiger charge is 2.49. The third-order valence-electron chi connectivity index (χ3n) is 8.11. The van der Waals surface area contributed by atoms with Crippen molar-refractivity contribution in [1.29, 1.82) is 0 Å². The Morgan fingerprint density at radius 2 is 1.83 bits per heavy atom. The Balaban J connectivity index is 1.12. The highest BCUT2D eigenvalue weighted by molar-refractivity contribution is 5.94. The number of hydrogen-bond donors (Lipinski definition) is 3. The average Bonchev–Trinajstić information content (AvgIpc) is 3.72. The number of aliphatic hydroxyl groups excluding tert-OH is 1. The summed E-state index contributed by atoms with van der Waals surface area (Å²) in [5.41, 5.74) is 7.68. The van der Waals surface area contributed by atoms with Crippen LogP contribution in [0.2, 0.25) is 0 Å². The van der Waals surface area contributed by atoms with Crippen molar-refractivity contribution in [1.82, 2.24) is 24.9 Å². The second-order valence-corrected chi connectivity index (χ2v) is 10.8. The average molecular weight is 543 g/mol. The monoisotopic (exact) mass is 542 g/mol. The molecule has 1 fully saturated rings. The summed E-state index contributed by atoms with van der Waals surface area (Å²) in [5.74, 6) is 0.342. The van der Waals surface area contributed by atoms with Gasteiger partial charge in [0.2, 0.25) is 0 Å². The lowest BCUT2D eigenvalue weighted by Crippen LogP contribution is -2.39. The SMILES string of the molecule is O=C(N[C@H](CO)Cc1ccccc1)c1ccc(-c2cnc3ncc(C4(c5ccc6c(c5)C=CCN6)CC4)n3n2)cc1. The smallest absolute Gasteiger partial charge is 0.251 e. The fraction of sp³-hybridized carbons (Fsp3) is 0.212. The molecule has 1 aliphatic heterocycles. The van der Waals surface area contributed by atoms with Crippen LogP contribution in [0.25, 0.3) is 23.1 Å². The molecule has 3 aromatic carbocycles. The third-order valence-corrected chi connectivity index (χ3v) is 8.11. The molecular formula is C33H30N6O2. The molecular weight excluding hydrogens is 512 g/mol. The van der Waals surface area contributed by atoms with Crippen molar-refractivity contribution in [3.63, 3.8) is 0 Å². The van der Waals surface area contributed by atoms with Gasteiger partial charge in [-0.25, -0.2) is 9.97 Å². The van der Waals surface area contributed by atoms with Crippen molar-refractivity contribution in [2.45, 2.75) is 30.7 Å². The van der Waals surface area contributed by atoms with Crippen molar-refractivity contribution >= 4 is 23.4 Å². The van der Waals surface area contributed by atoms with Crippen molar-refractivity contribution in [3.8, 4) is 11.3 Å². The molecule has 0 saturated heterocycles. The summed E-state index contributed by atoms with van der Waals surface area (Å²) in [6.07, 6.45) is 10.6. The Bertz CT molecular complexity index is 1760. The highest BCUT2D eigenvalue weighted by atomic mass is 16.3. The van der Waals surface area contributed by atoms with Crippen LogP contribution < -0.4 is 10.6 Å². The molecule has 1 aliphatic carbocycles. The number of aromatic nitrogens is 4. The largest absolute Gasteiger partial charge is 0.394 e. The van der Waals surface area contributed by atoms with Gasteiger partial charge in [0.15, 0.2) is 0 Å². The zero-order valence-corrected chi connectivity index (χ0v) is 22.5. The van der Waals surface area contributed by atoms with Gasteiger partial charge in [-0.3, -0.25) is 4.79 Å². The number of aliphatic hydroxyl groups is 1. The first-order chi connectivity index (χ1) is 20.1. The Labute approximate surface area is 237 Å². The lowest BCUT2D eigenvalue weighted by Gasteiger charge is -2.19. The molecule has 1 amide bonds. The van der Waals surface area contributed by atoms with Crippen molar-refractivity contribution < 1.29 is 9.90 Å². The van der Waals surface area contributed by atoms with E-state index in [1.165, 1.54) is 11.1 Å². The summed E-state index contributed by atoms with van der Waals surface area (Å²) < 4.78 is 1.87. The second kappa shape index (κ2) is 10.3. The van der Waals surface area contributed by atoms with Gasteiger partial charge in [0.05, 0.1) is 30.7 Å². The second-order valence-electron chi connectivity index (χ2n) is 10.8. The Hall–Kier alpha value is -4.82. The van der Waals surface area contributed by atoms with Gasteiger partial charge >= 0.3 is 0 Å². The maximum atomic E-state index is 12.9. The van der Waals surface area contributed by atoms with Crippen LogP contribution in [0, 0.1) is 0 Å². The van der Waals surface area contributed by atoms with E-state index in [4.69, 9.17) is 5.10 Å². The first-order valence-corrected chi connectivity index (χ1v) is 14.0. The van der Waals surface area contributed by atoms with Gasteiger partial charge in [-0.1, -0.05) is 60.7 Å². The maximum Gasteiger partial charge on any atom is 0.251 e. The fourth-order valence-corrected chi connectivity index (χ4v) is 5.69. The molecule has 2 aromatic heterocycles. The van der Waals surface area contributed by atoms with E-state index < -0.39 is 0 Å². The Morgan fingerprint density at radius 1 is 1.02 bits per heavy atom. The molecule has 1 atom stereocenters. The summed E-state index contributed by atoms with van der Waals surface area (Å²) in [7, 11) is 0. The molecule has 0 unspecified atom stereocenters. The van der Waals surface area contributed by atoms with Gasteiger partial charge in [0.25, 0.3) is 11.7 Å². The number of imidazole rings is 1. The predicted octanol–water partition coefficient (Wildman–Crippen LogP) is 4.64. The molecule has 0 bridgehead atoms. The lowest BCUT2D eigenvalue weighted by atomic mass is 9.90. The predicted molar refractivity (Wildman–Crippen MR) is 159 cm³/mol. The number of fused-ring (bicyclic) bond motifs is 2. The van der Waals surface area contributed by atoms with Crippen LogP contribution in [0.4, 0.5) is 5.69 Å². The molecule has 5 aromatic rings. The van der Waals surface area contributed by atoms with E-state index in [1.807, 2.05) is 53.2 Å². The van der Waals surface area contributed by atoms with Crippen LogP contribution >= 0.6 is 0 Å². The third kappa shape index (κ3) is 4.76. The van der Waals surface area contributed by atoms with Crippen LogP contribution in [0.15, 0.2) is 91.3 Å². The molecule has 2 aliphatic rings. The fourth-order valence-electron chi connectivity index (χ4n) is 5.69. The number of rotatable bonds is 8. The number of benzene rings is 3. The molecule has 41 heavy (non-hydrogen) atoms. The minimum Gasteiger partial charge on any atom is -0.394 e.